The van der Waals surface area contributed by atoms with Crippen LogP contribution in [-0.4, -0.2) is 56.0 Å². The molecule has 3 rings (SSSR count). The molecule has 0 spiro atoms. The maximum absolute atomic E-state index is 12.9. The Labute approximate surface area is 176 Å². The highest BCUT2D eigenvalue weighted by molar-refractivity contribution is 7.89. The fourth-order valence-electron chi connectivity index (χ4n) is 3.36. The van der Waals surface area contributed by atoms with Gasteiger partial charge in [-0.25, -0.2) is 13.1 Å². The van der Waals surface area contributed by atoms with Gasteiger partial charge in [0.1, 0.15) is 6.04 Å². The van der Waals surface area contributed by atoms with Gasteiger partial charge in [0.15, 0.2) is 0 Å². The lowest BCUT2D eigenvalue weighted by molar-refractivity contribution is -0.125. The Bertz CT molecular complexity index is 1020. The summed E-state index contributed by atoms with van der Waals surface area (Å²) in [5.74, 6) is -0.773. The van der Waals surface area contributed by atoms with Gasteiger partial charge in [-0.15, -0.1) is 0 Å². The number of rotatable bonds is 6. The van der Waals surface area contributed by atoms with Crippen molar-refractivity contribution in [2.75, 3.05) is 13.6 Å². The number of carbonyl (C=O) groups excluding carboxylic acids is 2. The molecule has 1 fully saturated rings. The molecule has 0 bridgehead atoms. The second-order valence-electron chi connectivity index (χ2n) is 7.30. The molecule has 2 aromatic carbocycles. The van der Waals surface area contributed by atoms with Crippen molar-refractivity contribution in [3.8, 4) is 0 Å². The molecule has 9 heteroatoms. The van der Waals surface area contributed by atoms with Gasteiger partial charge in [0.05, 0.1) is 11.0 Å². The van der Waals surface area contributed by atoms with Crippen LogP contribution in [0.2, 0.25) is 0 Å². The molecule has 2 amide bonds. The van der Waals surface area contributed by atoms with Gasteiger partial charge in [-0.1, -0.05) is 29.8 Å². The molecule has 0 saturated carbocycles. The van der Waals surface area contributed by atoms with Crippen LogP contribution in [0.3, 0.4) is 0 Å². The van der Waals surface area contributed by atoms with Crippen molar-refractivity contribution in [3.05, 3.63) is 65.2 Å². The van der Waals surface area contributed by atoms with Gasteiger partial charge in [-0.3, -0.25) is 9.59 Å². The summed E-state index contributed by atoms with van der Waals surface area (Å²) in [5.41, 5.74) is 2.30. The molecule has 1 aliphatic heterocycles. The van der Waals surface area contributed by atoms with Gasteiger partial charge in [0, 0.05) is 25.1 Å². The Kier molecular flexibility index (Phi) is 6.55. The van der Waals surface area contributed by atoms with Crippen molar-refractivity contribution in [2.24, 2.45) is 0 Å². The number of aliphatic hydroxyl groups excluding tert-OH is 1. The number of likely N-dealkylation sites (tertiary alicyclic amines) is 1. The monoisotopic (exact) mass is 431 g/mol. The predicted molar refractivity (Wildman–Crippen MR) is 111 cm³/mol. The SMILES string of the molecule is CNS(=O)(=O)c1ccc(C(=O)N2C[C@H](O)C[C@H]2C(=O)NCc2ccc(C)cc2)cc1. The Morgan fingerprint density at radius 3 is 2.33 bits per heavy atom. The number of aryl methyl sites for hydroxylation is 1. The molecule has 2 atom stereocenters. The Morgan fingerprint density at radius 1 is 1.10 bits per heavy atom. The first-order chi connectivity index (χ1) is 14.2. The zero-order valence-electron chi connectivity index (χ0n) is 16.8. The van der Waals surface area contributed by atoms with Crippen LogP contribution in [0.25, 0.3) is 0 Å². The van der Waals surface area contributed by atoms with Gasteiger partial charge in [0.25, 0.3) is 5.91 Å². The van der Waals surface area contributed by atoms with Crippen molar-refractivity contribution >= 4 is 21.8 Å². The van der Waals surface area contributed by atoms with Gasteiger partial charge < -0.3 is 15.3 Å². The molecule has 0 aromatic heterocycles. The highest BCUT2D eigenvalue weighted by Gasteiger charge is 2.39. The number of hydrogen-bond donors (Lipinski definition) is 3. The first kappa shape index (κ1) is 21.9. The van der Waals surface area contributed by atoms with Crippen LogP contribution >= 0.6 is 0 Å². The maximum atomic E-state index is 12.9. The summed E-state index contributed by atoms with van der Waals surface area (Å²) in [6, 6.07) is 12.4. The molecule has 0 aliphatic carbocycles. The average Bonchev–Trinajstić information content (AvgIpc) is 3.14. The summed E-state index contributed by atoms with van der Waals surface area (Å²) in [7, 11) is -2.30. The highest BCUT2D eigenvalue weighted by atomic mass is 32.2. The average molecular weight is 432 g/mol. The van der Waals surface area contributed by atoms with Gasteiger partial charge in [0.2, 0.25) is 15.9 Å². The van der Waals surface area contributed by atoms with Crippen molar-refractivity contribution in [1.82, 2.24) is 14.9 Å². The number of hydrogen-bond acceptors (Lipinski definition) is 5. The molecule has 1 saturated heterocycles. The minimum absolute atomic E-state index is 0.0374. The van der Waals surface area contributed by atoms with Crippen LogP contribution in [0.5, 0.6) is 0 Å². The van der Waals surface area contributed by atoms with E-state index >= 15 is 0 Å². The van der Waals surface area contributed by atoms with E-state index in [1.165, 1.54) is 36.2 Å². The van der Waals surface area contributed by atoms with Crippen LogP contribution in [0.4, 0.5) is 0 Å². The lowest BCUT2D eigenvalue weighted by atomic mass is 10.1. The van der Waals surface area contributed by atoms with E-state index in [-0.39, 0.29) is 29.3 Å². The molecule has 2 aromatic rings. The Hall–Kier alpha value is -2.75. The molecule has 160 valence electrons. The van der Waals surface area contributed by atoms with Gasteiger partial charge in [-0.2, -0.15) is 0 Å². The number of carbonyl (C=O) groups is 2. The number of β-amino-alcohol motifs (C(OH)–C–C–N with tert-alkyl or cyclic N) is 1. The van der Waals surface area contributed by atoms with E-state index in [0.29, 0.717) is 6.54 Å². The summed E-state index contributed by atoms with van der Waals surface area (Å²) in [6.07, 6.45) is -0.648. The van der Waals surface area contributed by atoms with Crippen molar-refractivity contribution in [1.29, 1.82) is 0 Å². The molecule has 0 unspecified atom stereocenters. The molecular formula is C21H25N3O5S. The fraction of sp³-hybridized carbons (Fsp3) is 0.333. The number of nitrogens with one attached hydrogen (secondary N) is 2. The van der Waals surface area contributed by atoms with Crippen molar-refractivity contribution in [2.45, 2.75) is 36.9 Å². The number of benzene rings is 2. The first-order valence-corrected chi connectivity index (χ1v) is 11.1. The fourth-order valence-corrected chi connectivity index (χ4v) is 4.09. The Morgan fingerprint density at radius 2 is 1.73 bits per heavy atom. The van der Waals surface area contributed by atoms with E-state index in [0.717, 1.165) is 11.1 Å². The number of nitrogens with zero attached hydrogens (tertiary/aromatic N) is 1. The summed E-state index contributed by atoms with van der Waals surface area (Å²) >= 11 is 0. The standard InChI is InChI=1S/C21H25N3O5S/c1-14-3-5-15(6-4-14)12-23-20(26)19-11-17(25)13-24(19)21(27)16-7-9-18(10-8-16)30(28,29)22-2/h3-10,17,19,22,25H,11-13H2,1-2H3,(H,23,26)/t17-,19+/m1/s1. The van der Waals surface area contributed by atoms with Crippen molar-refractivity contribution < 1.29 is 23.1 Å². The van der Waals surface area contributed by atoms with Crippen LogP contribution < -0.4 is 10.0 Å². The van der Waals surface area contributed by atoms with E-state index in [2.05, 4.69) is 10.0 Å². The predicted octanol–water partition coefficient (Wildman–Crippen LogP) is 0.795. The summed E-state index contributed by atoms with van der Waals surface area (Å²) in [4.78, 5) is 27.0. The molecule has 0 radical (unpaired) electrons. The van der Waals surface area contributed by atoms with Gasteiger partial charge in [-0.05, 0) is 43.8 Å². The zero-order valence-corrected chi connectivity index (χ0v) is 17.6. The van der Waals surface area contributed by atoms with Crippen LogP contribution in [0, 0.1) is 6.92 Å². The van der Waals surface area contributed by atoms with Crippen molar-refractivity contribution in [3.63, 3.8) is 0 Å². The van der Waals surface area contributed by atoms with E-state index in [9.17, 15) is 23.1 Å². The maximum Gasteiger partial charge on any atom is 0.254 e. The minimum atomic E-state index is -3.61. The lowest BCUT2D eigenvalue weighted by Gasteiger charge is -2.24. The lowest BCUT2D eigenvalue weighted by Crippen LogP contribution is -2.45. The van der Waals surface area contributed by atoms with E-state index in [4.69, 9.17) is 0 Å². The number of aliphatic hydroxyl groups is 1. The van der Waals surface area contributed by atoms with Crippen LogP contribution in [0.1, 0.15) is 27.9 Å². The summed E-state index contributed by atoms with van der Waals surface area (Å²) in [5, 5.41) is 12.9. The van der Waals surface area contributed by atoms with Gasteiger partial charge >= 0.3 is 0 Å². The smallest absolute Gasteiger partial charge is 0.254 e. The van der Waals surface area contributed by atoms with E-state index in [1.54, 1.807) is 0 Å². The third-order valence-electron chi connectivity index (χ3n) is 5.11. The summed E-state index contributed by atoms with van der Waals surface area (Å²) < 4.78 is 25.9. The third kappa shape index (κ3) is 4.86. The number of amides is 2. The normalized spacial score (nSPS) is 19.0. The van der Waals surface area contributed by atoms with E-state index in [1.807, 2.05) is 31.2 Å². The first-order valence-electron chi connectivity index (χ1n) is 9.57. The zero-order chi connectivity index (χ0) is 21.9. The molecule has 1 heterocycles. The van der Waals surface area contributed by atoms with Crippen LogP contribution in [-0.2, 0) is 21.4 Å². The van der Waals surface area contributed by atoms with E-state index < -0.39 is 28.1 Å². The number of sulfonamides is 1. The topological polar surface area (TPSA) is 116 Å². The molecule has 1 aliphatic rings. The second kappa shape index (κ2) is 8.95. The minimum Gasteiger partial charge on any atom is -0.391 e. The summed E-state index contributed by atoms with van der Waals surface area (Å²) in [6.45, 7) is 2.34. The largest absolute Gasteiger partial charge is 0.391 e. The second-order valence-corrected chi connectivity index (χ2v) is 9.18. The Balaban J connectivity index is 1.71. The molecule has 3 N–H and O–H groups in total. The molecule has 30 heavy (non-hydrogen) atoms. The van der Waals surface area contributed by atoms with Crippen LogP contribution in [0.15, 0.2) is 53.4 Å². The third-order valence-corrected chi connectivity index (χ3v) is 6.54. The molecule has 8 nitrogen and oxygen atoms in total. The molecular weight excluding hydrogens is 406 g/mol. The highest BCUT2D eigenvalue weighted by Crippen LogP contribution is 2.22. The quantitative estimate of drug-likeness (QED) is 0.626.